The van der Waals surface area contributed by atoms with Crippen molar-refractivity contribution in [1.29, 1.82) is 0 Å². The third-order valence-corrected chi connectivity index (χ3v) is 3.78. The van der Waals surface area contributed by atoms with Gasteiger partial charge < -0.3 is 15.4 Å². The summed E-state index contributed by atoms with van der Waals surface area (Å²) in [5.74, 6) is 0.698. The van der Waals surface area contributed by atoms with Gasteiger partial charge in [0, 0.05) is 37.0 Å². The molecule has 1 saturated heterocycles. The maximum atomic E-state index is 6.13. The van der Waals surface area contributed by atoms with Gasteiger partial charge in [0.2, 0.25) is 0 Å². The molecule has 2 aromatic rings. The standard InChI is InChI=1S/C15H20N4O/c1-11-3-4-12(13-10-17-18(2)15(13)16)14(9-11)19-5-7-20-8-6-19/h3-4,9-10H,5-8,16H2,1-2H3. The predicted octanol–water partition coefficient (Wildman–Crippen LogP) is 1.81. The third kappa shape index (κ3) is 2.25. The van der Waals surface area contributed by atoms with Gasteiger partial charge in [-0.3, -0.25) is 4.68 Å². The van der Waals surface area contributed by atoms with Crippen LogP contribution in [0.2, 0.25) is 0 Å². The molecule has 2 heterocycles. The molecular formula is C15H20N4O. The summed E-state index contributed by atoms with van der Waals surface area (Å²) in [4.78, 5) is 2.36. The summed E-state index contributed by atoms with van der Waals surface area (Å²) >= 11 is 0. The number of ether oxygens (including phenoxy) is 1. The van der Waals surface area contributed by atoms with E-state index in [1.165, 1.54) is 11.3 Å². The SMILES string of the molecule is Cc1ccc(-c2cnn(C)c2N)c(N2CCOCC2)c1. The summed E-state index contributed by atoms with van der Waals surface area (Å²) in [6, 6.07) is 6.46. The smallest absolute Gasteiger partial charge is 0.129 e. The lowest BCUT2D eigenvalue weighted by Crippen LogP contribution is -2.36. The molecule has 2 N–H and O–H groups in total. The molecule has 1 aromatic carbocycles. The zero-order valence-electron chi connectivity index (χ0n) is 12.0. The number of aromatic nitrogens is 2. The summed E-state index contributed by atoms with van der Waals surface area (Å²) in [5, 5.41) is 4.25. The van der Waals surface area contributed by atoms with E-state index in [1.807, 2.05) is 13.2 Å². The number of anilines is 2. The summed E-state index contributed by atoms with van der Waals surface area (Å²) in [6.45, 7) is 5.49. The average Bonchev–Trinajstić information content (AvgIpc) is 2.80. The van der Waals surface area contributed by atoms with Gasteiger partial charge in [-0.25, -0.2) is 0 Å². The molecule has 0 bridgehead atoms. The Labute approximate surface area is 118 Å². The van der Waals surface area contributed by atoms with E-state index in [1.54, 1.807) is 4.68 Å². The van der Waals surface area contributed by atoms with Crippen molar-refractivity contribution in [2.24, 2.45) is 7.05 Å². The molecule has 20 heavy (non-hydrogen) atoms. The Hall–Kier alpha value is -2.01. The number of benzene rings is 1. The van der Waals surface area contributed by atoms with Gasteiger partial charge in [-0.15, -0.1) is 0 Å². The average molecular weight is 272 g/mol. The maximum absolute atomic E-state index is 6.13. The molecule has 0 spiro atoms. The van der Waals surface area contributed by atoms with Gasteiger partial charge in [-0.2, -0.15) is 5.10 Å². The van der Waals surface area contributed by atoms with Crippen molar-refractivity contribution in [1.82, 2.24) is 9.78 Å². The Balaban J connectivity index is 2.08. The van der Waals surface area contributed by atoms with Gasteiger partial charge in [-0.1, -0.05) is 12.1 Å². The van der Waals surface area contributed by atoms with Crippen LogP contribution in [-0.4, -0.2) is 36.1 Å². The van der Waals surface area contributed by atoms with Gasteiger partial charge in [0.15, 0.2) is 0 Å². The van der Waals surface area contributed by atoms with Crippen LogP contribution >= 0.6 is 0 Å². The monoisotopic (exact) mass is 272 g/mol. The van der Waals surface area contributed by atoms with Crippen LogP contribution in [0.5, 0.6) is 0 Å². The topological polar surface area (TPSA) is 56.3 Å². The van der Waals surface area contributed by atoms with Crippen LogP contribution in [0.3, 0.4) is 0 Å². The maximum Gasteiger partial charge on any atom is 0.129 e. The summed E-state index contributed by atoms with van der Waals surface area (Å²) in [6.07, 6.45) is 1.84. The zero-order chi connectivity index (χ0) is 14.1. The van der Waals surface area contributed by atoms with E-state index in [4.69, 9.17) is 10.5 Å². The van der Waals surface area contributed by atoms with Gasteiger partial charge in [0.05, 0.1) is 19.4 Å². The lowest BCUT2D eigenvalue weighted by molar-refractivity contribution is 0.123. The fourth-order valence-electron chi connectivity index (χ4n) is 2.59. The molecule has 0 aliphatic carbocycles. The van der Waals surface area contributed by atoms with Crippen molar-refractivity contribution in [3.8, 4) is 11.1 Å². The molecule has 0 radical (unpaired) electrons. The first-order valence-corrected chi connectivity index (χ1v) is 6.88. The van der Waals surface area contributed by atoms with E-state index in [-0.39, 0.29) is 0 Å². The largest absolute Gasteiger partial charge is 0.383 e. The third-order valence-electron chi connectivity index (χ3n) is 3.78. The minimum absolute atomic E-state index is 0.698. The Morgan fingerprint density at radius 2 is 1.95 bits per heavy atom. The number of nitrogens with zero attached hydrogens (tertiary/aromatic N) is 3. The first-order chi connectivity index (χ1) is 9.66. The summed E-state index contributed by atoms with van der Waals surface area (Å²) in [5.41, 5.74) is 10.7. The van der Waals surface area contributed by atoms with Crippen LogP contribution in [0.1, 0.15) is 5.56 Å². The van der Waals surface area contributed by atoms with E-state index < -0.39 is 0 Å². The molecule has 1 aliphatic rings. The Kier molecular flexibility index (Phi) is 3.36. The first kappa shape index (κ1) is 13.0. The highest BCUT2D eigenvalue weighted by Gasteiger charge is 2.18. The number of nitrogen functional groups attached to an aromatic ring is 1. The second-order valence-electron chi connectivity index (χ2n) is 5.19. The van der Waals surface area contributed by atoms with E-state index in [9.17, 15) is 0 Å². The van der Waals surface area contributed by atoms with Gasteiger partial charge in [0.25, 0.3) is 0 Å². The Morgan fingerprint density at radius 3 is 2.60 bits per heavy atom. The highest BCUT2D eigenvalue weighted by atomic mass is 16.5. The number of rotatable bonds is 2. The van der Waals surface area contributed by atoms with E-state index >= 15 is 0 Å². The van der Waals surface area contributed by atoms with Crippen molar-refractivity contribution >= 4 is 11.5 Å². The minimum atomic E-state index is 0.698. The second kappa shape index (κ2) is 5.17. The van der Waals surface area contributed by atoms with E-state index in [0.717, 1.165) is 37.4 Å². The fourth-order valence-corrected chi connectivity index (χ4v) is 2.59. The number of aryl methyl sites for hydroxylation is 2. The normalized spacial score (nSPS) is 15.6. The molecule has 0 saturated carbocycles. The molecule has 106 valence electrons. The second-order valence-corrected chi connectivity index (χ2v) is 5.19. The van der Waals surface area contributed by atoms with Crippen LogP contribution in [0.4, 0.5) is 11.5 Å². The quantitative estimate of drug-likeness (QED) is 0.906. The molecule has 1 aromatic heterocycles. The first-order valence-electron chi connectivity index (χ1n) is 6.88. The molecule has 3 rings (SSSR count). The van der Waals surface area contributed by atoms with E-state index in [2.05, 4.69) is 35.1 Å². The van der Waals surface area contributed by atoms with Crippen molar-refractivity contribution in [3.05, 3.63) is 30.0 Å². The molecule has 5 heteroatoms. The van der Waals surface area contributed by atoms with E-state index in [0.29, 0.717) is 5.82 Å². The van der Waals surface area contributed by atoms with Crippen LogP contribution in [0, 0.1) is 6.92 Å². The summed E-state index contributed by atoms with van der Waals surface area (Å²) in [7, 11) is 1.86. The van der Waals surface area contributed by atoms with Crippen LogP contribution in [0.25, 0.3) is 11.1 Å². The molecule has 1 aliphatic heterocycles. The lowest BCUT2D eigenvalue weighted by atomic mass is 10.0. The molecular weight excluding hydrogens is 252 g/mol. The zero-order valence-corrected chi connectivity index (χ0v) is 12.0. The van der Waals surface area contributed by atoms with Crippen LogP contribution < -0.4 is 10.6 Å². The molecule has 0 atom stereocenters. The molecule has 0 amide bonds. The molecule has 1 fully saturated rings. The Bertz CT molecular complexity index is 614. The fraction of sp³-hybridized carbons (Fsp3) is 0.400. The highest BCUT2D eigenvalue weighted by molar-refractivity contribution is 5.84. The highest BCUT2D eigenvalue weighted by Crippen LogP contribution is 2.35. The van der Waals surface area contributed by atoms with Gasteiger partial charge >= 0.3 is 0 Å². The van der Waals surface area contributed by atoms with Gasteiger partial charge in [0.1, 0.15) is 5.82 Å². The minimum Gasteiger partial charge on any atom is -0.383 e. The Morgan fingerprint density at radius 1 is 1.20 bits per heavy atom. The number of hydrogen-bond donors (Lipinski definition) is 1. The van der Waals surface area contributed by atoms with Gasteiger partial charge in [-0.05, 0) is 18.6 Å². The van der Waals surface area contributed by atoms with Crippen molar-refractivity contribution in [2.75, 3.05) is 36.9 Å². The van der Waals surface area contributed by atoms with Crippen molar-refractivity contribution < 1.29 is 4.74 Å². The van der Waals surface area contributed by atoms with Crippen molar-refractivity contribution in [3.63, 3.8) is 0 Å². The summed E-state index contributed by atoms with van der Waals surface area (Å²) < 4.78 is 7.15. The molecule has 5 nitrogen and oxygen atoms in total. The van der Waals surface area contributed by atoms with Crippen LogP contribution in [-0.2, 0) is 11.8 Å². The molecule has 0 unspecified atom stereocenters. The number of morpholine rings is 1. The predicted molar refractivity (Wildman–Crippen MR) is 80.8 cm³/mol. The number of nitrogens with two attached hydrogens (primary N) is 1. The van der Waals surface area contributed by atoms with Crippen molar-refractivity contribution in [2.45, 2.75) is 6.92 Å². The number of hydrogen-bond acceptors (Lipinski definition) is 4. The van der Waals surface area contributed by atoms with Crippen LogP contribution in [0.15, 0.2) is 24.4 Å². The lowest BCUT2D eigenvalue weighted by Gasteiger charge is -2.31.